The summed E-state index contributed by atoms with van der Waals surface area (Å²) in [6.07, 6.45) is -0.929. The summed E-state index contributed by atoms with van der Waals surface area (Å²) in [5.41, 5.74) is 7.54. The van der Waals surface area contributed by atoms with Crippen LogP contribution < -0.4 is 16.2 Å². The minimum Gasteiger partial charge on any atom is -0.387 e. The second-order valence-corrected chi connectivity index (χ2v) is 6.16. The summed E-state index contributed by atoms with van der Waals surface area (Å²) in [6.45, 7) is 1.54. The molecule has 1 aliphatic rings. The summed E-state index contributed by atoms with van der Waals surface area (Å²) in [6, 6.07) is 9.72. The molecule has 134 valence electrons. The molecule has 0 saturated carbocycles. The van der Waals surface area contributed by atoms with Crippen molar-refractivity contribution in [2.24, 2.45) is 5.92 Å². The maximum atomic E-state index is 13.2. The topological polar surface area (TPSA) is 56.3 Å². The Morgan fingerprint density at radius 2 is 1.84 bits per heavy atom. The molecule has 25 heavy (non-hydrogen) atoms. The van der Waals surface area contributed by atoms with Crippen molar-refractivity contribution in [1.29, 1.82) is 0 Å². The van der Waals surface area contributed by atoms with Crippen LogP contribution in [0.1, 0.15) is 23.3 Å². The predicted octanol–water partition coefficient (Wildman–Crippen LogP) is 2.19. The van der Waals surface area contributed by atoms with Gasteiger partial charge in [-0.15, -0.1) is 0 Å². The quantitative estimate of drug-likeness (QED) is 0.645. The van der Waals surface area contributed by atoms with E-state index in [4.69, 9.17) is 0 Å². The molecule has 0 amide bonds. The van der Waals surface area contributed by atoms with Crippen LogP contribution in [0, 0.1) is 23.4 Å². The van der Waals surface area contributed by atoms with Crippen molar-refractivity contribution in [1.82, 2.24) is 16.2 Å². The molecule has 1 heterocycles. The molecule has 2 aromatic rings. The van der Waals surface area contributed by atoms with Crippen molar-refractivity contribution in [2.75, 3.05) is 19.6 Å². The molecule has 4 nitrogen and oxygen atoms in total. The zero-order chi connectivity index (χ0) is 17.8. The maximum Gasteiger partial charge on any atom is 0.159 e. The van der Waals surface area contributed by atoms with Gasteiger partial charge >= 0.3 is 0 Å². The van der Waals surface area contributed by atoms with E-state index in [-0.39, 0.29) is 24.3 Å². The Bertz CT molecular complexity index is 711. The molecular weight excluding hydrogens is 331 g/mol. The lowest BCUT2D eigenvalue weighted by molar-refractivity contribution is 0.172. The average Bonchev–Trinajstić information content (AvgIpc) is 3.06. The van der Waals surface area contributed by atoms with Crippen LogP contribution in [0.4, 0.5) is 13.2 Å². The van der Waals surface area contributed by atoms with Crippen molar-refractivity contribution in [3.8, 4) is 0 Å². The number of rotatable bonds is 6. The molecule has 3 rings (SSSR count). The SMILES string of the molecule is OC(CNCC1CNNC1c1ccc(F)cc1)c1ccc(F)c(F)c1. The van der Waals surface area contributed by atoms with Crippen LogP contribution >= 0.6 is 0 Å². The molecule has 0 aromatic heterocycles. The van der Waals surface area contributed by atoms with Gasteiger partial charge in [0.1, 0.15) is 5.82 Å². The Morgan fingerprint density at radius 3 is 2.56 bits per heavy atom. The van der Waals surface area contributed by atoms with Gasteiger partial charge in [-0.05, 0) is 35.4 Å². The largest absolute Gasteiger partial charge is 0.387 e. The van der Waals surface area contributed by atoms with Crippen LogP contribution in [0.25, 0.3) is 0 Å². The van der Waals surface area contributed by atoms with Crippen molar-refractivity contribution >= 4 is 0 Å². The predicted molar refractivity (Wildman–Crippen MR) is 88.0 cm³/mol. The Kier molecular flexibility index (Phi) is 5.70. The number of hydrogen-bond donors (Lipinski definition) is 4. The van der Waals surface area contributed by atoms with Gasteiger partial charge in [0.15, 0.2) is 11.6 Å². The van der Waals surface area contributed by atoms with Crippen LogP contribution in [0.5, 0.6) is 0 Å². The van der Waals surface area contributed by atoms with E-state index < -0.39 is 17.7 Å². The standard InChI is InChI=1S/C18H20F3N3O/c19-14-4-1-11(2-5-14)18-13(9-23-24-18)8-22-10-17(25)12-3-6-15(20)16(21)7-12/h1-7,13,17-18,22-25H,8-10H2. The number of hydrogen-bond acceptors (Lipinski definition) is 4. The van der Waals surface area contributed by atoms with E-state index in [9.17, 15) is 18.3 Å². The summed E-state index contributed by atoms with van der Waals surface area (Å²) >= 11 is 0. The monoisotopic (exact) mass is 351 g/mol. The first-order valence-electron chi connectivity index (χ1n) is 8.12. The first-order chi connectivity index (χ1) is 12.0. The summed E-state index contributed by atoms with van der Waals surface area (Å²) in [7, 11) is 0. The number of aliphatic hydroxyl groups is 1. The first-order valence-corrected chi connectivity index (χ1v) is 8.12. The molecule has 4 N–H and O–H groups in total. The number of halogens is 3. The summed E-state index contributed by atoms with van der Waals surface area (Å²) in [5.74, 6) is -1.99. The van der Waals surface area contributed by atoms with Gasteiger partial charge in [-0.3, -0.25) is 5.43 Å². The number of benzene rings is 2. The fourth-order valence-corrected chi connectivity index (χ4v) is 2.99. The normalized spacial score (nSPS) is 21.4. The second-order valence-electron chi connectivity index (χ2n) is 6.16. The molecule has 0 spiro atoms. The minimum atomic E-state index is -0.975. The lowest BCUT2D eigenvalue weighted by atomic mass is 9.95. The molecule has 3 unspecified atom stereocenters. The highest BCUT2D eigenvalue weighted by Gasteiger charge is 2.28. The third kappa shape index (κ3) is 4.38. The van der Waals surface area contributed by atoms with Crippen molar-refractivity contribution < 1.29 is 18.3 Å². The van der Waals surface area contributed by atoms with Crippen molar-refractivity contribution in [3.63, 3.8) is 0 Å². The molecule has 0 aliphatic carbocycles. The second kappa shape index (κ2) is 7.97. The van der Waals surface area contributed by atoms with Crippen LogP contribution in [-0.2, 0) is 0 Å². The molecular formula is C18H20F3N3O. The zero-order valence-electron chi connectivity index (χ0n) is 13.5. The van der Waals surface area contributed by atoms with Crippen molar-refractivity contribution in [3.05, 3.63) is 71.0 Å². The van der Waals surface area contributed by atoms with Crippen LogP contribution in [0.2, 0.25) is 0 Å². The molecule has 2 aromatic carbocycles. The highest BCUT2D eigenvalue weighted by Crippen LogP contribution is 2.24. The number of hydrazine groups is 1. The third-order valence-corrected chi connectivity index (χ3v) is 4.39. The Morgan fingerprint density at radius 1 is 1.08 bits per heavy atom. The minimum absolute atomic E-state index is 0.0218. The lowest BCUT2D eigenvalue weighted by Crippen LogP contribution is -2.31. The van der Waals surface area contributed by atoms with Gasteiger partial charge in [0.05, 0.1) is 12.1 Å². The summed E-state index contributed by atoms with van der Waals surface area (Å²) < 4.78 is 39.2. The zero-order valence-corrected chi connectivity index (χ0v) is 13.5. The number of aliphatic hydroxyl groups excluding tert-OH is 1. The fourth-order valence-electron chi connectivity index (χ4n) is 2.99. The van der Waals surface area contributed by atoms with Gasteiger partial charge in [-0.25, -0.2) is 18.6 Å². The average molecular weight is 351 g/mol. The molecule has 0 bridgehead atoms. The van der Waals surface area contributed by atoms with E-state index in [2.05, 4.69) is 16.2 Å². The summed E-state index contributed by atoms with van der Waals surface area (Å²) in [4.78, 5) is 0. The third-order valence-electron chi connectivity index (χ3n) is 4.39. The molecule has 0 radical (unpaired) electrons. The van der Waals surface area contributed by atoms with E-state index in [0.29, 0.717) is 12.1 Å². The van der Waals surface area contributed by atoms with E-state index >= 15 is 0 Å². The highest BCUT2D eigenvalue weighted by molar-refractivity contribution is 5.22. The molecule has 7 heteroatoms. The molecule has 3 atom stereocenters. The lowest BCUT2D eigenvalue weighted by Gasteiger charge is -2.20. The van der Waals surface area contributed by atoms with Gasteiger partial charge < -0.3 is 10.4 Å². The first kappa shape index (κ1) is 17.9. The van der Waals surface area contributed by atoms with Crippen LogP contribution in [-0.4, -0.2) is 24.7 Å². The van der Waals surface area contributed by atoms with Crippen molar-refractivity contribution in [2.45, 2.75) is 12.1 Å². The van der Waals surface area contributed by atoms with E-state index in [1.54, 1.807) is 12.1 Å². The Hall–Kier alpha value is -1.93. The highest BCUT2D eigenvalue weighted by atomic mass is 19.2. The smallest absolute Gasteiger partial charge is 0.159 e. The van der Waals surface area contributed by atoms with Gasteiger partial charge in [-0.1, -0.05) is 18.2 Å². The van der Waals surface area contributed by atoms with Gasteiger partial charge in [0.25, 0.3) is 0 Å². The fraction of sp³-hybridized carbons (Fsp3) is 0.333. The van der Waals surface area contributed by atoms with Gasteiger partial charge in [-0.2, -0.15) is 0 Å². The number of nitrogens with one attached hydrogen (secondary N) is 3. The molecule has 1 aliphatic heterocycles. The maximum absolute atomic E-state index is 13.2. The van der Waals surface area contributed by atoms with Gasteiger partial charge in [0, 0.05) is 25.6 Å². The van der Waals surface area contributed by atoms with Crippen LogP contribution in [0.15, 0.2) is 42.5 Å². The summed E-state index contributed by atoms with van der Waals surface area (Å²) in [5, 5.41) is 13.2. The van der Waals surface area contributed by atoms with E-state index in [0.717, 1.165) is 24.2 Å². The Labute approximate surface area is 144 Å². The Balaban J connectivity index is 1.53. The molecule has 1 fully saturated rings. The van der Waals surface area contributed by atoms with Gasteiger partial charge in [0.2, 0.25) is 0 Å². The molecule has 1 saturated heterocycles. The van der Waals surface area contributed by atoms with E-state index in [1.807, 2.05) is 0 Å². The van der Waals surface area contributed by atoms with E-state index in [1.165, 1.54) is 18.2 Å². The van der Waals surface area contributed by atoms with Crippen LogP contribution in [0.3, 0.4) is 0 Å².